The SMILES string of the molecule is Fc1cnccc1-c1n[nH]c(C2CCCC2)n1. The lowest BCUT2D eigenvalue weighted by atomic mass is 10.1. The number of hydrogen-bond acceptors (Lipinski definition) is 3. The second-order valence-corrected chi connectivity index (χ2v) is 4.38. The molecule has 0 aliphatic heterocycles. The van der Waals surface area contributed by atoms with Crippen LogP contribution in [0.15, 0.2) is 18.5 Å². The zero-order valence-electron chi connectivity index (χ0n) is 9.36. The molecule has 1 aliphatic carbocycles. The standard InChI is InChI=1S/C12H13FN4/c13-10-7-14-6-5-9(10)12-15-11(16-17-12)8-3-1-2-4-8/h5-8H,1-4H2,(H,15,16,17). The quantitative estimate of drug-likeness (QED) is 0.866. The molecular weight excluding hydrogens is 219 g/mol. The topological polar surface area (TPSA) is 54.5 Å². The summed E-state index contributed by atoms with van der Waals surface area (Å²) in [4.78, 5) is 8.10. The van der Waals surface area contributed by atoms with Crippen molar-refractivity contribution in [3.63, 3.8) is 0 Å². The van der Waals surface area contributed by atoms with Crippen LogP contribution in [-0.4, -0.2) is 20.2 Å². The highest BCUT2D eigenvalue weighted by atomic mass is 19.1. The van der Waals surface area contributed by atoms with Gasteiger partial charge in [0.1, 0.15) is 5.82 Å². The molecule has 88 valence electrons. The van der Waals surface area contributed by atoms with Crippen molar-refractivity contribution in [1.82, 2.24) is 20.2 Å². The third kappa shape index (κ3) is 1.92. The number of aromatic nitrogens is 4. The molecule has 2 heterocycles. The van der Waals surface area contributed by atoms with Gasteiger partial charge in [-0.3, -0.25) is 10.1 Å². The molecular formula is C12H13FN4. The number of hydrogen-bond donors (Lipinski definition) is 1. The zero-order chi connectivity index (χ0) is 11.7. The Morgan fingerprint density at radius 1 is 1.29 bits per heavy atom. The fourth-order valence-electron chi connectivity index (χ4n) is 2.33. The number of nitrogens with zero attached hydrogens (tertiary/aromatic N) is 3. The zero-order valence-corrected chi connectivity index (χ0v) is 9.36. The molecule has 1 N–H and O–H groups in total. The summed E-state index contributed by atoms with van der Waals surface area (Å²) in [6.45, 7) is 0. The van der Waals surface area contributed by atoms with Crippen molar-refractivity contribution in [1.29, 1.82) is 0 Å². The predicted molar refractivity (Wildman–Crippen MR) is 60.8 cm³/mol. The molecule has 0 unspecified atom stereocenters. The van der Waals surface area contributed by atoms with Crippen molar-refractivity contribution in [3.05, 3.63) is 30.1 Å². The molecule has 0 atom stereocenters. The van der Waals surface area contributed by atoms with E-state index in [0.717, 1.165) is 18.7 Å². The maximum atomic E-state index is 13.5. The molecule has 2 aromatic heterocycles. The lowest BCUT2D eigenvalue weighted by Gasteiger charge is -2.01. The number of nitrogens with one attached hydrogen (secondary N) is 1. The molecule has 0 spiro atoms. The van der Waals surface area contributed by atoms with Crippen molar-refractivity contribution in [3.8, 4) is 11.4 Å². The molecule has 2 aromatic rings. The first kappa shape index (κ1) is 10.4. The van der Waals surface area contributed by atoms with Gasteiger partial charge in [-0.2, -0.15) is 5.10 Å². The Kier molecular flexibility index (Phi) is 2.59. The summed E-state index contributed by atoms with van der Waals surface area (Å²) >= 11 is 0. The van der Waals surface area contributed by atoms with Crippen LogP contribution in [0.4, 0.5) is 4.39 Å². The Labute approximate surface area is 98.3 Å². The summed E-state index contributed by atoms with van der Waals surface area (Å²) in [5, 5.41) is 7.01. The second-order valence-electron chi connectivity index (χ2n) is 4.38. The van der Waals surface area contributed by atoms with E-state index in [1.54, 1.807) is 12.3 Å². The number of pyridine rings is 1. The summed E-state index contributed by atoms with van der Waals surface area (Å²) in [6, 6.07) is 1.59. The molecule has 0 amide bonds. The van der Waals surface area contributed by atoms with Gasteiger partial charge in [-0.25, -0.2) is 9.37 Å². The van der Waals surface area contributed by atoms with Gasteiger partial charge in [-0.15, -0.1) is 0 Å². The van der Waals surface area contributed by atoms with Gasteiger partial charge in [-0.1, -0.05) is 12.8 Å². The van der Waals surface area contributed by atoms with Crippen LogP contribution in [0.3, 0.4) is 0 Å². The van der Waals surface area contributed by atoms with Crippen molar-refractivity contribution in [2.24, 2.45) is 0 Å². The van der Waals surface area contributed by atoms with E-state index in [4.69, 9.17) is 0 Å². The normalized spacial score (nSPS) is 16.5. The van der Waals surface area contributed by atoms with Crippen LogP contribution in [0, 0.1) is 5.82 Å². The van der Waals surface area contributed by atoms with Crippen molar-refractivity contribution in [2.45, 2.75) is 31.6 Å². The van der Waals surface area contributed by atoms with Gasteiger partial charge in [0, 0.05) is 12.1 Å². The molecule has 0 saturated heterocycles. The van der Waals surface area contributed by atoms with Crippen molar-refractivity contribution < 1.29 is 4.39 Å². The van der Waals surface area contributed by atoms with Crippen molar-refractivity contribution in [2.75, 3.05) is 0 Å². The first-order valence-corrected chi connectivity index (χ1v) is 5.87. The molecule has 0 bridgehead atoms. The van der Waals surface area contributed by atoms with Crippen LogP contribution < -0.4 is 0 Å². The largest absolute Gasteiger partial charge is 0.262 e. The molecule has 4 nitrogen and oxygen atoms in total. The van der Waals surface area contributed by atoms with E-state index in [2.05, 4.69) is 20.2 Å². The minimum absolute atomic E-state index is 0.385. The first-order valence-electron chi connectivity index (χ1n) is 5.87. The molecule has 5 heteroatoms. The van der Waals surface area contributed by atoms with Gasteiger partial charge in [0.25, 0.3) is 0 Å². The number of H-pyrrole nitrogens is 1. The summed E-state index contributed by atoms with van der Waals surface area (Å²) in [7, 11) is 0. The highest BCUT2D eigenvalue weighted by Crippen LogP contribution is 2.32. The molecule has 17 heavy (non-hydrogen) atoms. The highest BCUT2D eigenvalue weighted by molar-refractivity contribution is 5.54. The fraction of sp³-hybridized carbons (Fsp3) is 0.417. The van der Waals surface area contributed by atoms with E-state index in [1.807, 2.05) is 0 Å². The number of rotatable bonds is 2. The Morgan fingerprint density at radius 2 is 2.12 bits per heavy atom. The van der Waals surface area contributed by atoms with Crippen LogP contribution in [0.2, 0.25) is 0 Å². The van der Waals surface area contributed by atoms with E-state index in [-0.39, 0.29) is 5.82 Å². The smallest absolute Gasteiger partial charge is 0.184 e. The minimum Gasteiger partial charge on any atom is -0.262 e. The third-order valence-electron chi connectivity index (χ3n) is 3.26. The van der Waals surface area contributed by atoms with Crippen LogP contribution >= 0.6 is 0 Å². The first-order chi connectivity index (χ1) is 8.34. The second kappa shape index (κ2) is 4.24. The van der Waals surface area contributed by atoms with Crippen LogP contribution in [0.5, 0.6) is 0 Å². The number of aromatic amines is 1. The summed E-state index contributed by atoms with van der Waals surface area (Å²) in [6.07, 6.45) is 7.50. The van der Waals surface area contributed by atoms with E-state index in [1.165, 1.54) is 19.0 Å². The average Bonchev–Trinajstić information content (AvgIpc) is 3.00. The van der Waals surface area contributed by atoms with E-state index in [9.17, 15) is 4.39 Å². The Bertz CT molecular complexity index is 517. The van der Waals surface area contributed by atoms with Gasteiger partial charge in [0.15, 0.2) is 11.6 Å². The summed E-state index contributed by atoms with van der Waals surface area (Å²) < 4.78 is 13.5. The molecule has 1 aliphatic rings. The third-order valence-corrected chi connectivity index (χ3v) is 3.26. The maximum absolute atomic E-state index is 13.5. The summed E-state index contributed by atoms with van der Waals surface area (Å²) in [5.74, 6) is 1.38. The van der Waals surface area contributed by atoms with E-state index >= 15 is 0 Å². The van der Waals surface area contributed by atoms with Gasteiger partial charge in [-0.05, 0) is 18.9 Å². The average molecular weight is 232 g/mol. The number of halogens is 1. The summed E-state index contributed by atoms with van der Waals surface area (Å²) in [5.41, 5.74) is 0.403. The molecule has 1 saturated carbocycles. The Hall–Kier alpha value is -1.78. The Morgan fingerprint density at radius 3 is 2.88 bits per heavy atom. The van der Waals surface area contributed by atoms with Gasteiger partial charge in [0.2, 0.25) is 0 Å². The van der Waals surface area contributed by atoms with Crippen molar-refractivity contribution >= 4 is 0 Å². The van der Waals surface area contributed by atoms with Gasteiger partial charge in [0.05, 0.1) is 11.8 Å². The minimum atomic E-state index is -0.385. The van der Waals surface area contributed by atoms with E-state index < -0.39 is 0 Å². The molecule has 0 radical (unpaired) electrons. The highest BCUT2D eigenvalue weighted by Gasteiger charge is 2.21. The van der Waals surface area contributed by atoms with Crippen LogP contribution in [0.1, 0.15) is 37.4 Å². The lowest BCUT2D eigenvalue weighted by Crippen LogP contribution is -1.94. The maximum Gasteiger partial charge on any atom is 0.184 e. The monoisotopic (exact) mass is 232 g/mol. The van der Waals surface area contributed by atoms with E-state index in [0.29, 0.717) is 17.3 Å². The fourth-order valence-corrected chi connectivity index (χ4v) is 2.33. The van der Waals surface area contributed by atoms with Crippen LogP contribution in [0.25, 0.3) is 11.4 Å². The Balaban J connectivity index is 1.92. The molecule has 3 rings (SSSR count). The van der Waals surface area contributed by atoms with Gasteiger partial charge >= 0.3 is 0 Å². The lowest BCUT2D eigenvalue weighted by molar-refractivity contribution is 0.623. The molecule has 0 aromatic carbocycles. The molecule has 1 fully saturated rings. The van der Waals surface area contributed by atoms with Crippen LogP contribution in [-0.2, 0) is 0 Å². The van der Waals surface area contributed by atoms with Gasteiger partial charge < -0.3 is 0 Å². The predicted octanol–water partition coefficient (Wildman–Crippen LogP) is 2.66.